The van der Waals surface area contributed by atoms with Crippen LogP contribution < -0.4 is 0 Å². The number of thiophene rings is 1. The molecule has 0 atom stereocenters. The van der Waals surface area contributed by atoms with Gasteiger partial charge in [-0.05, 0) is 34.1 Å². The topological polar surface area (TPSA) is 56.5 Å². The number of ether oxygens (including phenoxy) is 1. The molecule has 2 aromatic heterocycles. The van der Waals surface area contributed by atoms with Crippen LogP contribution in [0, 0.1) is 0 Å². The Morgan fingerprint density at radius 1 is 1.35 bits per heavy atom. The molecule has 0 aliphatic heterocycles. The van der Waals surface area contributed by atoms with Gasteiger partial charge in [-0.25, -0.2) is 4.79 Å². The maximum atomic E-state index is 11.9. The largest absolute Gasteiger partial charge is 0.463 e. The SMILES string of the molecule is COC(=O)c1ccc(C(=O)c2csc(Br)c2)o1. The molecule has 0 bridgehead atoms. The number of hydrogen-bond acceptors (Lipinski definition) is 5. The maximum absolute atomic E-state index is 11.9. The van der Waals surface area contributed by atoms with E-state index in [9.17, 15) is 9.59 Å². The second-order valence-corrected chi connectivity index (χ2v) is 5.41. The van der Waals surface area contributed by atoms with Gasteiger partial charge in [-0.15, -0.1) is 11.3 Å². The summed E-state index contributed by atoms with van der Waals surface area (Å²) in [5, 5.41) is 1.72. The Balaban J connectivity index is 2.26. The Labute approximate surface area is 109 Å². The van der Waals surface area contributed by atoms with Gasteiger partial charge in [0, 0.05) is 10.9 Å². The molecule has 2 aromatic rings. The summed E-state index contributed by atoms with van der Waals surface area (Å²) < 4.78 is 10.5. The summed E-state index contributed by atoms with van der Waals surface area (Å²) in [4.78, 5) is 23.1. The van der Waals surface area contributed by atoms with Gasteiger partial charge >= 0.3 is 5.97 Å². The minimum absolute atomic E-state index is 0.0187. The lowest BCUT2D eigenvalue weighted by molar-refractivity contribution is 0.0563. The van der Waals surface area contributed by atoms with Crippen LogP contribution in [0.3, 0.4) is 0 Å². The fourth-order valence-electron chi connectivity index (χ4n) is 1.24. The van der Waals surface area contributed by atoms with E-state index < -0.39 is 5.97 Å². The van der Waals surface area contributed by atoms with Crippen molar-refractivity contribution >= 4 is 39.0 Å². The minimum Gasteiger partial charge on any atom is -0.463 e. The zero-order chi connectivity index (χ0) is 12.4. The number of furan rings is 1. The van der Waals surface area contributed by atoms with Gasteiger partial charge in [0.25, 0.3) is 0 Å². The minimum atomic E-state index is -0.601. The first kappa shape index (κ1) is 12.1. The number of esters is 1. The van der Waals surface area contributed by atoms with Crippen LogP contribution in [0.2, 0.25) is 0 Å². The highest BCUT2D eigenvalue weighted by molar-refractivity contribution is 9.11. The van der Waals surface area contributed by atoms with Gasteiger partial charge in [0.1, 0.15) is 0 Å². The molecule has 0 fully saturated rings. The zero-order valence-corrected chi connectivity index (χ0v) is 11.1. The molecule has 0 spiro atoms. The first-order valence-corrected chi connectivity index (χ1v) is 6.26. The Hall–Kier alpha value is -1.40. The Bertz CT molecular complexity index is 570. The molecule has 88 valence electrons. The lowest BCUT2D eigenvalue weighted by Gasteiger charge is -1.94. The van der Waals surface area contributed by atoms with Gasteiger partial charge in [0.2, 0.25) is 11.5 Å². The van der Waals surface area contributed by atoms with Crippen LogP contribution in [0.5, 0.6) is 0 Å². The smallest absolute Gasteiger partial charge is 0.373 e. The van der Waals surface area contributed by atoms with Gasteiger partial charge in [-0.2, -0.15) is 0 Å². The molecule has 0 saturated carbocycles. The number of carbonyl (C=O) groups is 2. The normalized spacial score (nSPS) is 10.2. The van der Waals surface area contributed by atoms with E-state index in [1.165, 1.54) is 30.6 Å². The fraction of sp³-hybridized carbons (Fsp3) is 0.0909. The number of methoxy groups -OCH3 is 1. The summed E-state index contributed by atoms with van der Waals surface area (Å²) in [6.45, 7) is 0. The van der Waals surface area contributed by atoms with E-state index in [4.69, 9.17) is 4.42 Å². The van der Waals surface area contributed by atoms with Crippen LogP contribution in [0.4, 0.5) is 0 Å². The van der Waals surface area contributed by atoms with Crippen molar-refractivity contribution in [2.24, 2.45) is 0 Å². The molecule has 0 aliphatic carbocycles. The van der Waals surface area contributed by atoms with Crippen LogP contribution in [-0.4, -0.2) is 18.9 Å². The van der Waals surface area contributed by atoms with Crippen molar-refractivity contribution in [2.75, 3.05) is 7.11 Å². The summed E-state index contributed by atoms with van der Waals surface area (Å²) in [6.07, 6.45) is 0. The molecule has 0 amide bonds. The van der Waals surface area contributed by atoms with Crippen LogP contribution >= 0.6 is 27.3 Å². The van der Waals surface area contributed by atoms with E-state index in [-0.39, 0.29) is 17.3 Å². The predicted molar refractivity (Wildman–Crippen MR) is 65.5 cm³/mol. The lowest BCUT2D eigenvalue weighted by atomic mass is 10.2. The van der Waals surface area contributed by atoms with E-state index >= 15 is 0 Å². The van der Waals surface area contributed by atoms with Gasteiger partial charge in [-0.1, -0.05) is 0 Å². The standard InChI is InChI=1S/C11H7BrO4S/c1-15-11(14)8-3-2-7(16-8)10(13)6-4-9(12)17-5-6/h2-5H,1H3. The molecule has 0 aromatic carbocycles. The molecule has 2 heterocycles. The third kappa shape index (κ3) is 2.48. The van der Waals surface area contributed by atoms with Crippen molar-refractivity contribution in [1.29, 1.82) is 0 Å². The van der Waals surface area contributed by atoms with E-state index in [0.717, 1.165) is 3.79 Å². The van der Waals surface area contributed by atoms with E-state index in [2.05, 4.69) is 20.7 Å². The van der Waals surface area contributed by atoms with Gasteiger partial charge in [0.15, 0.2) is 5.76 Å². The molecule has 4 nitrogen and oxygen atoms in total. The molecule has 17 heavy (non-hydrogen) atoms. The van der Waals surface area contributed by atoms with Crippen molar-refractivity contribution in [2.45, 2.75) is 0 Å². The highest BCUT2D eigenvalue weighted by Gasteiger charge is 2.18. The second-order valence-electron chi connectivity index (χ2n) is 3.12. The molecule has 0 N–H and O–H groups in total. The average Bonchev–Trinajstić information content (AvgIpc) is 2.95. The third-order valence-corrected chi connectivity index (χ3v) is 3.55. The predicted octanol–water partition coefficient (Wildman–Crippen LogP) is 3.12. The Morgan fingerprint density at radius 2 is 2.06 bits per heavy atom. The summed E-state index contributed by atoms with van der Waals surface area (Å²) in [7, 11) is 1.25. The number of hydrogen-bond donors (Lipinski definition) is 0. The molecule has 6 heteroatoms. The van der Waals surface area contributed by atoms with Crippen molar-refractivity contribution in [1.82, 2.24) is 0 Å². The van der Waals surface area contributed by atoms with Crippen molar-refractivity contribution in [3.63, 3.8) is 0 Å². The van der Waals surface area contributed by atoms with Gasteiger partial charge < -0.3 is 9.15 Å². The highest BCUT2D eigenvalue weighted by atomic mass is 79.9. The number of ketones is 1. The molecule has 0 saturated heterocycles. The van der Waals surface area contributed by atoms with Crippen molar-refractivity contribution in [3.8, 4) is 0 Å². The number of rotatable bonds is 3. The second kappa shape index (κ2) is 4.85. The van der Waals surface area contributed by atoms with E-state index in [0.29, 0.717) is 5.56 Å². The average molecular weight is 315 g/mol. The van der Waals surface area contributed by atoms with Crippen LogP contribution in [0.1, 0.15) is 26.7 Å². The molecule has 0 aliphatic rings. The van der Waals surface area contributed by atoms with Crippen molar-refractivity contribution in [3.05, 3.63) is 44.4 Å². The highest BCUT2D eigenvalue weighted by Crippen LogP contribution is 2.23. The zero-order valence-electron chi connectivity index (χ0n) is 8.73. The first-order chi connectivity index (χ1) is 8.11. The van der Waals surface area contributed by atoms with Gasteiger partial charge in [-0.3, -0.25) is 4.79 Å². The van der Waals surface area contributed by atoms with E-state index in [1.54, 1.807) is 11.4 Å². The summed E-state index contributed by atoms with van der Waals surface area (Å²) in [5.41, 5.74) is 0.521. The Morgan fingerprint density at radius 3 is 2.65 bits per heavy atom. The van der Waals surface area contributed by atoms with Crippen LogP contribution in [-0.2, 0) is 4.74 Å². The molecule has 0 radical (unpaired) electrons. The lowest BCUT2D eigenvalue weighted by Crippen LogP contribution is -2.00. The fourth-order valence-corrected chi connectivity index (χ4v) is 2.38. The van der Waals surface area contributed by atoms with E-state index in [1.807, 2.05) is 0 Å². The summed E-state index contributed by atoms with van der Waals surface area (Å²) in [6, 6.07) is 4.58. The van der Waals surface area contributed by atoms with Crippen LogP contribution in [0.25, 0.3) is 0 Å². The molecule has 2 rings (SSSR count). The molecular weight excluding hydrogens is 308 g/mol. The first-order valence-electron chi connectivity index (χ1n) is 4.58. The number of carbonyl (C=O) groups excluding carboxylic acids is 2. The number of halogens is 1. The molecule has 0 unspecified atom stereocenters. The summed E-state index contributed by atoms with van der Waals surface area (Å²) in [5.74, 6) is -0.724. The Kier molecular flexibility index (Phi) is 3.44. The monoisotopic (exact) mass is 314 g/mol. The molecular formula is C11H7BrO4S. The van der Waals surface area contributed by atoms with Gasteiger partial charge in [0.05, 0.1) is 10.9 Å². The third-order valence-electron chi connectivity index (χ3n) is 2.05. The quantitative estimate of drug-likeness (QED) is 0.645. The van der Waals surface area contributed by atoms with Crippen LogP contribution in [0.15, 0.2) is 31.8 Å². The van der Waals surface area contributed by atoms with Crippen molar-refractivity contribution < 1.29 is 18.7 Å². The summed E-state index contributed by atoms with van der Waals surface area (Å²) >= 11 is 4.68. The maximum Gasteiger partial charge on any atom is 0.373 e.